The minimum atomic E-state index is -0.691. The van der Waals surface area contributed by atoms with Gasteiger partial charge in [-0.2, -0.15) is 0 Å². The average molecular weight is 385 g/mol. The SMILES string of the molecule is CCCCCCCCCCCCC(=O)C(=O)NN[C@@H](CC(C)C)C(=O)OC. The molecule has 1 amide bonds. The zero-order valence-electron chi connectivity index (χ0n) is 17.8. The van der Waals surface area contributed by atoms with Crippen LogP contribution in [-0.2, 0) is 19.1 Å². The summed E-state index contributed by atoms with van der Waals surface area (Å²) in [6, 6.07) is -0.649. The van der Waals surface area contributed by atoms with Crippen molar-refractivity contribution in [3.63, 3.8) is 0 Å². The Bertz CT molecular complexity index is 424. The molecule has 0 aliphatic rings. The van der Waals surface area contributed by atoms with Gasteiger partial charge in [-0.1, -0.05) is 78.6 Å². The van der Waals surface area contributed by atoms with Crippen molar-refractivity contribution in [2.45, 2.75) is 104 Å². The van der Waals surface area contributed by atoms with E-state index in [0.717, 1.165) is 19.3 Å². The topological polar surface area (TPSA) is 84.5 Å². The Balaban J connectivity index is 3.82. The van der Waals surface area contributed by atoms with Crippen LogP contribution >= 0.6 is 0 Å². The first-order chi connectivity index (χ1) is 12.9. The smallest absolute Gasteiger partial charge is 0.324 e. The average Bonchev–Trinajstić information content (AvgIpc) is 2.65. The number of carbonyl (C=O) groups excluding carboxylic acids is 3. The summed E-state index contributed by atoms with van der Waals surface area (Å²) in [7, 11) is 1.30. The molecule has 6 heteroatoms. The Labute approximate surface area is 165 Å². The maximum absolute atomic E-state index is 11.9. The summed E-state index contributed by atoms with van der Waals surface area (Å²) in [5.74, 6) is -1.34. The predicted octanol–water partition coefficient (Wildman–Crippen LogP) is 4.08. The zero-order valence-corrected chi connectivity index (χ0v) is 17.8. The highest BCUT2D eigenvalue weighted by Gasteiger charge is 2.22. The molecule has 0 fully saturated rings. The van der Waals surface area contributed by atoms with Gasteiger partial charge in [-0.05, 0) is 18.8 Å². The fourth-order valence-electron chi connectivity index (χ4n) is 2.94. The number of Topliss-reactive ketones (excluding diaryl/α,β-unsaturated/α-hetero) is 1. The standard InChI is InChI=1S/C21H40N2O4/c1-5-6-7-8-9-10-11-12-13-14-15-19(24)20(25)23-22-18(16-17(2)3)21(26)27-4/h17-18,22H,5-16H2,1-4H3,(H,23,25)/t18-/m0/s1. The number of esters is 1. The lowest BCUT2D eigenvalue weighted by Gasteiger charge is -2.18. The molecule has 0 aliphatic heterocycles. The third kappa shape index (κ3) is 14.3. The molecule has 158 valence electrons. The van der Waals surface area contributed by atoms with E-state index in [2.05, 4.69) is 17.8 Å². The van der Waals surface area contributed by atoms with E-state index in [1.165, 1.54) is 52.1 Å². The number of carbonyl (C=O) groups is 3. The molecule has 0 bridgehead atoms. The largest absolute Gasteiger partial charge is 0.468 e. The van der Waals surface area contributed by atoms with Gasteiger partial charge in [0.05, 0.1) is 7.11 Å². The third-order valence-electron chi connectivity index (χ3n) is 4.56. The van der Waals surface area contributed by atoms with Crippen LogP contribution in [0.2, 0.25) is 0 Å². The summed E-state index contributed by atoms with van der Waals surface area (Å²) in [5.41, 5.74) is 4.98. The molecule has 0 rings (SSSR count). The van der Waals surface area contributed by atoms with E-state index in [1.807, 2.05) is 13.8 Å². The summed E-state index contributed by atoms with van der Waals surface area (Å²) in [5, 5.41) is 0. The molecule has 27 heavy (non-hydrogen) atoms. The Hall–Kier alpha value is -1.43. The molecule has 0 saturated heterocycles. The molecule has 0 unspecified atom stereocenters. The van der Waals surface area contributed by atoms with Crippen LogP contribution in [0.1, 0.15) is 97.8 Å². The van der Waals surface area contributed by atoms with Crippen LogP contribution in [0.25, 0.3) is 0 Å². The van der Waals surface area contributed by atoms with Crippen molar-refractivity contribution in [2.24, 2.45) is 5.92 Å². The van der Waals surface area contributed by atoms with Gasteiger partial charge in [0.1, 0.15) is 6.04 Å². The summed E-state index contributed by atoms with van der Waals surface area (Å²) in [4.78, 5) is 35.4. The van der Waals surface area contributed by atoms with Crippen LogP contribution in [0.4, 0.5) is 0 Å². The second-order valence-electron chi connectivity index (χ2n) is 7.66. The number of rotatable bonds is 17. The maximum atomic E-state index is 11.9. The van der Waals surface area contributed by atoms with Gasteiger partial charge in [0, 0.05) is 6.42 Å². The van der Waals surface area contributed by atoms with Crippen LogP contribution in [0, 0.1) is 5.92 Å². The summed E-state index contributed by atoms with van der Waals surface area (Å²) >= 11 is 0. The van der Waals surface area contributed by atoms with Crippen LogP contribution in [-0.4, -0.2) is 30.8 Å². The number of hydrogen-bond donors (Lipinski definition) is 2. The Morgan fingerprint density at radius 3 is 1.85 bits per heavy atom. The van der Waals surface area contributed by atoms with E-state index in [1.54, 1.807) is 0 Å². The first-order valence-electron chi connectivity index (χ1n) is 10.6. The molecular weight excluding hydrogens is 344 g/mol. The highest BCUT2D eigenvalue weighted by Crippen LogP contribution is 2.11. The molecule has 0 aliphatic carbocycles. The predicted molar refractivity (Wildman–Crippen MR) is 108 cm³/mol. The van der Waals surface area contributed by atoms with E-state index in [9.17, 15) is 14.4 Å². The molecule has 0 radical (unpaired) electrons. The number of hydrazine groups is 1. The van der Waals surface area contributed by atoms with Gasteiger partial charge >= 0.3 is 11.9 Å². The monoisotopic (exact) mass is 384 g/mol. The van der Waals surface area contributed by atoms with Crippen molar-refractivity contribution in [1.82, 2.24) is 10.9 Å². The van der Waals surface area contributed by atoms with Gasteiger partial charge in [-0.15, -0.1) is 0 Å². The first kappa shape index (κ1) is 25.6. The van der Waals surface area contributed by atoms with Crippen LogP contribution < -0.4 is 10.9 Å². The van der Waals surface area contributed by atoms with Crippen molar-refractivity contribution < 1.29 is 19.1 Å². The number of ether oxygens (including phenoxy) is 1. The molecule has 1 atom stereocenters. The number of amides is 1. The van der Waals surface area contributed by atoms with Crippen LogP contribution in [0.3, 0.4) is 0 Å². The molecular formula is C21H40N2O4. The normalized spacial score (nSPS) is 12.0. The number of methoxy groups -OCH3 is 1. The Kier molecular flexibility index (Phi) is 15.8. The zero-order chi connectivity index (χ0) is 20.5. The summed E-state index contributed by atoms with van der Waals surface area (Å²) < 4.78 is 4.71. The van der Waals surface area contributed by atoms with Gasteiger partial charge < -0.3 is 4.74 Å². The van der Waals surface area contributed by atoms with Gasteiger partial charge in [0.2, 0.25) is 5.78 Å². The van der Waals surface area contributed by atoms with Crippen LogP contribution in [0.15, 0.2) is 0 Å². The molecule has 2 N–H and O–H groups in total. The first-order valence-corrected chi connectivity index (χ1v) is 10.6. The van der Waals surface area contributed by atoms with Gasteiger partial charge in [0.15, 0.2) is 0 Å². The lowest BCUT2D eigenvalue weighted by atomic mass is 10.0. The van der Waals surface area contributed by atoms with Gasteiger partial charge in [0.25, 0.3) is 0 Å². The van der Waals surface area contributed by atoms with Crippen molar-refractivity contribution in [3.8, 4) is 0 Å². The summed E-state index contributed by atoms with van der Waals surface area (Å²) in [6.07, 6.45) is 12.6. The molecule has 0 aromatic carbocycles. The molecule has 0 saturated carbocycles. The molecule has 0 aromatic rings. The van der Waals surface area contributed by atoms with Gasteiger partial charge in [-0.25, -0.2) is 5.43 Å². The fraction of sp³-hybridized carbons (Fsp3) is 0.857. The van der Waals surface area contributed by atoms with E-state index in [0.29, 0.717) is 6.42 Å². The lowest BCUT2D eigenvalue weighted by molar-refractivity contribution is -0.145. The van der Waals surface area contributed by atoms with Crippen molar-refractivity contribution in [2.75, 3.05) is 7.11 Å². The van der Waals surface area contributed by atoms with E-state index in [-0.39, 0.29) is 12.3 Å². The lowest BCUT2D eigenvalue weighted by Crippen LogP contribution is -2.51. The number of hydrogen-bond acceptors (Lipinski definition) is 5. The minimum Gasteiger partial charge on any atom is -0.468 e. The second-order valence-corrected chi connectivity index (χ2v) is 7.66. The number of nitrogens with one attached hydrogen (secondary N) is 2. The van der Waals surface area contributed by atoms with Crippen LogP contribution in [0.5, 0.6) is 0 Å². The molecule has 0 heterocycles. The van der Waals surface area contributed by atoms with Crippen molar-refractivity contribution >= 4 is 17.7 Å². The number of ketones is 1. The third-order valence-corrected chi connectivity index (χ3v) is 4.56. The molecule has 0 aromatic heterocycles. The highest BCUT2D eigenvalue weighted by atomic mass is 16.5. The van der Waals surface area contributed by atoms with Crippen molar-refractivity contribution in [3.05, 3.63) is 0 Å². The van der Waals surface area contributed by atoms with E-state index in [4.69, 9.17) is 4.74 Å². The number of unbranched alkanes of at least 4 members (excludes halogenated alkanes) is 9. The maximum Gasteiger partial charge on any atom is 0.324 e. The second kappa shape index (κ2) is 16.7. The summed E-state index contributed by atoms with van der Waals surface area (Å²) in [6.45, 7) is 6.16. The Morgan fingerprint density at radius 1 is 0.852 bits per heavy atom. The van der Waals surface area contributed by atoms with Gasteiger partial charge in [-0.3, -0.25) is 19.8 Å². The van der Waals surface area contributed by atoms with E-state index >= 15 is 0 Å². The molecule has 0 spiro atoms. The highest BCUT2D eigenvalue weighted by molar-refractivity contribution is 6.36. The van der Waals surface area contributed by atoms with E-state index < -0.39 is 23.7 Å². The fourth-order valence-corrected chi connectivity index (χ4v) is 2.94. The minimum absolute atomic E-state index is 0.247. The van der Waals surface area contributed by atoms with Crippen molar-refractivity contribution in [1.29, 1.82) is 0 Å². The molecule has 6 nitrogen and oxygen atoms in total. The Morgan fingerprint density at radius 2 is 1.37 bits per heavy atom. The quantitative estimate of drug-likeness (QED) is 0.171.